The van der Waals surface area contributed by atoms with Crippen LogP contribution in [0.2, 0.25) is 0 Å². The van der Waals surface area contributed by atoms with Crippen molar-refractivity contribution < 1.29 is 29.9 Å². The largest absolute Gasteiger partial charge is 0.394 e. The van der Waals surface area contributed by atoms with E-state index < -0.39 is 37.3 Å². The van der Waals surface area contributed by atoms with Crippen molar-refractivity contribution in [1.29, 1.82) is 0 Å². The molecule has 1 saturated heterocycles. The monoisotopic (exact) mass is 194 g/mol. The fourth-order valence-corrected chi connectivity index (χ4v) is 1.26. The minimum Gasteiger partial charge on any atom is -0.394 e. The zero-order valence-corrected chi connectivity index (χ0v) is 7.20. The Morgan fingerprint density at radius 3 is 2.23 bits per heavy atom. The number of aliphatic hydroxyl groups excluding tert-OH is 4. The first-order valence-corrected chi connectivity index (χ1v) is 3.95. The summed E-state index contributed by atoms with van der Waals surface area (Å²) >= 11 is 0. The van der Waals surface area contributed by atoms with Crippen molar-refractivity contribution in [3.8, 4) is 0 Å². The van der Waals surface area contributed by atoms with Gasteiger partial charge in [0.25, 0.3) is 0 Å². The molecule has 78 valence electrons. The molecule has 0 aromatic rings. The Morgan fingerprint density at radius 1 is 1.15 bits per heavy atom. The number of hydrogen-bond donors (Lipinski definition) is 4. The van der Waals surface area contributed by atoms with E-state index in [0.29, 0.717) is 0 Å². The Kier molecular flexibility index (Phi) is 3.60. The molecule has 0 spiro atoms. The molecule has 1 fully saturated rings. The standard InChI is InChI=1S/C7H14O6/c1-12-7-6(11)5(10)4(9)3(2-8)13-7/h3-11H,2H2,1H3/t3-,4+,5+,6-,7-/m1/s1. The molecule has 1 rings (SSSR count). The van der Waals surface area contributed by atoms with Gasteiger partial charge in [-0.05, 0) is 0 Å². The van der Waals surface area contributed by atoms with Gasteiger partial charge < -0.3 is 29.9 Å². The normalized spacial score (nSPS) is 46.4. The molecule has 13 heavy (non-hydrogen) atoms. The Bertz CT molecular complexity index is 143. The van der Waals surface area contributed by atoms with E-state index in [1.807, 2.05) is 0 Å². The molecule has 6 heteroatoms. The molecule has 1 aliphatic heterocycles. The van der Waals surface area contributed by atoms with Gasteiger partial charge in [0.2, 0.25) is 0 Å². The Labute approximate surface area is 75.3 Å². The first-order chi connectivity index (χ1) is 6.11. The fourth-order valence-electron chi connectivity index (χ4n) is 1.26. The van der Waals surface area contributed by atoms with Gasteiger partial charge >= 0.3 is 0 Å². The topological polar surface area (TPSA) is 99.4 Å². The molecule has 4 N–H and O–H groups in total. The molecule has 0 aliphatic carbocycles. The minimum atomic E-state index is -1.36. The maximum absolute atomic E-state index is 9.28. The minimum absolute atomic E-state index is 0.440. The van der Waals surface area contributed by atoms with Gasteiger partial charge in [-0.2, -0.15) is 0 Å². The van der Waals surface area contributed by atoms with Crippen molar-refractivity contribution in [2.24, 2.45) is 0 Å². The van der Waals surface area contributed by atoms with Crippen molar-refractivity contribution in [3.05, 3.63) is 0 Å². The predicted octanol–water partition coefficient (Wildman–Crippen LogP) is -2.57. The van der Waals surface area contributed by atoms with Crippen LogP contribution in [0.3, 0.4) is 0 Å². The van der Waals surface area contributed by atoms with Crippen LogP contribution < -0.4 is 0 Å². The molecule has 0 aromatic carbocycles. The fraction of sp³-hybridized carbons (Fsp3) is 1.00. The van der Waals surface area contributed by atoms with Gasteiger partial charge in [-0.15, -0.1) is 0 Å². The van der Waals surface area contributed by atoms with Crippen molar-refractivity contribution in [2.45, 2.75) is 30.7 Å². The van der Waals surface area contributed by atoms with Crippen LogP contribution in [0.15, 0.2) is 0 Å². The lowest BCUT2D eigenvalue weighted by atomic mass is 9.99. The first kappa shape index (κ1) is 10.8. The van der Waals surface area contributed by atoms with Crippen LogP contribution in [0.1, 0.15) is 0 Å². The molecule has 0 aromatic heterocycles. The maximum Gasteiger partial charge on any atom is 0.186 e. The van der Waals surface area contributed by atoms with Gasteiger partial charge in [0.15, 0.2) is 6.29 Å². The molecule has 1 heterocycles. The highest BCUT2D eigenvalue weighted by Gasteiger charge is 2.43. The lowest BCUT2D eigenvalue weighted by Gasteiger charge is -2.38. The van der Waals surface area contributed by atoms with Crippen LogP contribution in [0, 0.1) is 0 Å². The van der Waals surface area contributed by atoms with Gasteiger partial charge in [0.05, 0.1) is 6.61 Å². The van der Waals surface area contributed by atoms with Gasteiger partial charge in [-0.25, -0.2) is 0 Å². The van der Waals surface area contributed by atoms with Gasteiger partial charge in [0.1, 0.15) is 24.4 Å². The zero-order valence-electron chi connectivity index (χ0n) is 7.20. The second-order valence-electron chi connectivity index (χ2n) is 2.93. The second kappa shape index (κ2) is 4.32. The number of ether oxygens (including phenoxy) is 2. The maximum atomic E-state index is 9.28. The average Bonchev–Trinajstić information content (AvgIpc) is 2.15. The number of methoxy groups -OCH3 is 1. The highest BCUT2D eigenvalue weighted by Crippen LogP contribution is 2.20. The highest BCUT2D eigenvalue weighted by molar-refractivity contribution is 4.88. The van der Waals surface area contributed by atoms with Crippen LogP contribution >= 0.6 is 0 Å². The summed E-state index contributed by atoms with van der Waals surface area (Å²) in [6, 6.07) is 0. The molecule has 5 atom stereocenters. The first-order valence-electron chi connectivity index (χ1n) is 3.95. The van der Waals surface area contributed by atoms with E-state index in [1.165, 1.54) is 7.11 Å². The molecular formula is C7H14O6. The van der Waals surface area contributed by atoms with Crippen molar-refractivity contribution in [3.63, 3.8) is 0 Å². The molecule has 1 aliphatic rings. The van der Waals surface area contributed by atoms with Gasteiger partial charge in [0, 0.05) is 7.11 Å². The van der Waals surface area contributed by atoms with E-state index in [1.54, 1.807) is 0 Å². The van der Waals surface area contributed by atoms with Crippen LogP contribution in [0.25, 0.3) is 0 Å². The second-order valence-corrected chi connectivity index (χ2v) is 2.93. The summed E-state index contributed by atoms with van der Waals surface area (Å²) in [6.45, 7) is -0.440. The van der Waals surface area contributed by atoms with Crippen molar-refractivity contribution >= 4 is 0 Å². The van der Waals surface area contributed by atoms with Crippen molar-refractivity contribution in [2.75, 3.05) is 13.7 Å². The van der Waals surface area contributed by atoms with E-state index in [4.69, 9.17) is 14.6 Å². The van der Waals surface area contributed by atoms with E-state index >= 15 is 0 Å². The zero-order chi connectivity index (χ0) is 10.0. The molecular weight excluding hydrogens is 180 g/mol. The summed E-state index contributed by atoms with van der Waals surface area (Å²) in [4.78, 5) is 0. The lowest BCUT2D eigenvalue weighted by Crippen LogP contribution is -2.58. The molecule has 0 unspecified atom stereocenters. The van der Waals surface area contributed by atoms with E-state index in [0.717, 1.165) is 0 Å². The number of aliphatic hydroxyl groups is 4. The summed E-state index contributed by atoms with van der Waals surface area (Å²) in [5.41, 5.74) is 0. The smallest absolute Gasteiger partial charge is 0.186 e. The van der Waals surface area contributed by atoms with E-state index in [2.05, 4.69) is 0 Å². The van der Waals surface area contributed by atoms with Crippen molar-refractivity contribution in [1.82, 2.24) is 0 Å². The van der Waals surface area contributed by atoms with Crippen LogP contribution in [-0.4, -0.2) is 64.8 Å². The lowest BCUT2D eigenvalue weighted by molar-refractivity contribution is -0.294. The molecule has 0 bridgehead atoms. The predicted molar refractivity (Wildman–Crippen MR) is 40.8 cm³/mol. The average molecular weight is 194 g/mol. The number of hydrogen-bond acceptors (Lipinski definition) is 6. The Hall–Kier alpha value is -0.240. The summed E-state index contributed by atoms with van der Waals surface area (Å²) in [6.07, 6.45) is -5.91. The molecule has 6 nitrogen and oxygen atoms in total. The molecule has 0 saturated carbocycles. The Balaban J connectivity index is 2.66. The molecule has 0 amide bonds. The summed E-state index contributed by atoms with van der Waals surface area (Å²) in [5.74, 6) is 0. The van der Waals surface area contributed by atoms with Gasteiger partial charge in [-0.3, -0.25) is 0 Å². The van der Waals surface area contributed by atoms with E-state index in [9.17, 15) is 15.3 Å². The highest BCUT2D eigenvalue weighted by atomic mass is 16.7. The van der Waals surface area contributed by atoms with Gasteiger partial charge in [-0.1, -0.05) is 0 Å². The number of rotatable bonds is 2. The third-order valence-corrected chi connectivity index (χ3v) is 2.08. The van der Waals surface area contributed by atoms with Crippen LogP contribution in [0.5, 0.6) is 0 Å². The van der Waals surface area contributed by atoms with E-state index in [-0.39, 0.29) is 0 Å². The van der Waals surface area contributed by atoms with Crippen LogP contribution in [-0.2, 0) is 9.47 Å². The van der Waals surface area contributed by atoms with Crippen LogP contribution in [0.4, 0.5) is 0 Å². The third-order valence-electron chi connectivity index (χ3n) is 2.08. The Morgan fingerprint density at radius 2 is 1.77 bits per heavy atom. The molecule has 0 radical (unpaired) electrons. The third kappa shape index (κ3) is 1.98. The summed E-state index contributed by atoms with van der Waals surface area (Å²) in [7, 11) is 1.30. The quantitative estimate of drug-likeness (QED) is 0.386. The summed E-state index contributed by atoms with van der Waals surface area (Å²) in [5, 5.41) is 36.6. The SMILES string of the molecule is CO[C@@H]1O[C@H](CO)[C@H](O)[C@H](O)[C@H]1O. The summed E-state index contributed by atoms with van der Waals surface area (Å²) < 4.78 is 9.65.